The largest absolute Gasteiger partial charge is 0.493 e. The van der Waals surface area contributed by atoms with Crippen molar-refractivity contribution >= 4 is 22.7 Å². The van der Waals surface area contributed by atoms with Crippen LogP contribution in [0.15, 0.2) is 12.4 Å². The molecule has 8 heteroatoms. The number of carbonyl (C=O) groups is 1. The fourth-order valence-electron chi connectivity index (χ4n) is 2.05. The lowest BCUT2D eigenvalue weighted by Gasteiger charge is -2.16. The van der Waals surface area contributed by atoms with E-state index in [9.17, 15) is 4.79 Å². The van der Waals surface area contributed by atoms with Gasteiger partial charge in [-0.05, 0) is 13.0 Å². The van der Waals surface area contributed by atoms with E-state index < -0.39 is 12.0 Å². The van der Waals surface area contributed by atoms with Gasteiger partial charge in [0.15, 0.2) is 11.5 Å². The Kier molecular flexibility index (Phi) is 4.50. The van der Waals surface area contributed by atoms with Crippen molar-refractivity contribution in [1.29, 1.82) is 0 Å². The number of anilines is 1. The molecule has 2 rings (SSSR count). The van der Waals surface area contributed by atoms with Crippen molar-refractivity contribution in [1.82, 2.24) is 9.97 Å². The predicted molar refractivity (Wildman–Crippen MR) is 79.9 cm³/mol. The van der Waals surface area contributed by atoms with Gasteiger partial charge in [-0.25, -0.2) is 9.97 Å². The van der Waals surface area contributed by atoms with Crippen molar-refractivity contribution in [3.63, 3.8) is 0 Å². The molecule has 0 fully saturated rings. The highest BCUT2D eigenvalue weighted by atomic mass is 16.5. The number of methoxy groups -OCH3 is 3. The molecule has 0 aliphatic carbocycles. The van der Waals surface area contributed by atoms with Gasteiger partial charge in [-0.3, -0.25) is 4.79 Å². The van der Waals surface area contributed by atoms with E-state index in [2.05, 4.69) is 15.3 Å². The van der Waals surface area contributed by atoms with E-state index in [0.29, 0.717) is 34.0 Å². The van der Waals surface area contributed by atoms with Crippen LogP contribution in [-0.2, 0) is 4.79 Å². The average molecular weight is 307 g/mol. The van der Waals surface area contributed by atoms with Crippen molar-refractivity contribution in [2.75, 3.05) is 26.6 Å². The zero-order chi connectivity index (χ0) is 16.3. The number of aliphatic carboxylic acids is 1. The van der Waals surface area contributed by atoms with Crippen molar-refractivity contribution in [3.05, 3.63) is 12.4 Å². The lowest BCUT2D eigenvalue weighted by atomic mass is 10.1. The number of aromatic nitrogens is 2. The summed E-state index contributed by atoms with van der Waals surface area (Å²) in [5, 5.41) is 12.4. The summed E-state index contributed by atoms with van der Waals surface area (Å²) in [4.78, 5) is 19.3. The molecular formula is C14H17N3O5. The molecule has 118 valence electrons. The molecular weight excluding hydrogens is 290 g/mol. The monoisotopic (exact) mass is 307 g/mol. The number of ether oxygens (including phenoxy) is 3. The molecule has 22 heavy (non-hydrogen) atoms. The van der Waals surface area contributed by atoms with Gasteiger partial charge in [-0.2, -0.15) is 0 Å². The number of fused-ring (bicyclic) bond motifs is 1. The van der Waals surface area contributed by atoms with Gasteiger partial charge < -0.3 is 24.6 Å². The minimum absolute atomic E-state index is 0.374. The maximum Gasteiger partial charge on any atom is 0.325 e. The molecule has 1 atom stereocenters. The summed E-state index contributed by atoms with van der Waals surface area (Å²) in [6, 6.07) is 0.866. The third kappa shape index (κ3) is 2.67. The standard InChI is InChI=1S/C14H17N3O5/c1-7(14(18)19)17-13-8-5-9(20-2)11(21-3)12(22-4)10(8)15-6-16-13/h5-7H,1-4H3,(H,18,19)(H,15,16,17). The Morgan fingerprint density at radius 2 is 1.86 bits per heavy atom. The molecule has 1 heterocycles. The number of nitrogens with zero attached hydrogens (tertiary/aromatic N) is 2. The highest BCUT2D eigenvalue weighted by molar-refractivity contribution is 5.97. The molecule has 1 aromatic heterocycles. The second-order valence-corrected chi connectivity index (χ2v) is 4.47. The predicted octanol–water partition coefficient (Wildman–Crippen LogP) is 1.54. The second-order valence-electron chi connectivity index (χ2n) is 4.47. The Hall–Kier alpha value is -2.77. The van der Waals surface area contributed by atoms with E-state index in [1.54, 1.807) is 6.07 Å². The summed E-state index contributed by atoms with van der Waals surface area (Å²) in [7, 11) is 4.49. The van der Waals surface area contributed by atoms with E-state index in [0.717, 1.165) is 0 Å². The lowest BCUT2D eigenvalue weighted by molar-refractivity contribution is -0.137. The molecule has 0 saturated heterocycles. The first-order valence-corrected chi connectivity index (χ1v) is 6.46. The van der Waals surface area contributed by atoms with Gasteiger partial charge in [0, 0.05) is 0 Å². The van der Waals surface area contributed by atoms with Crippen molar-refractivity contribution < 1.29 is 24.1 Å². The van der Waals surface area contributed by atoms with Gasteiger partial charge in [0.1, 0.15) is 23.7 Å². The second kappa shape index (κ2) is 6.33. The Labute approximate surface area is 127 Å². The molecule has 0 radical (unpaired) electrons. The van der Waals surface area contributed by atoms with Crippen LogP contribution in [0.25, 0.3) is 10.9 Å². The van der Waals surface area contributed by atoms with Crippen molar-refractivity contribution in [2.45, 2.75) is 13.0 Å². The van der Waals surface area contributed by atoms with E-state index in [-0.39, 0.29) is 0 Å². The first-order chi connectivity index (χ1) is 10.5. The van der Waals surface area contributed by atoms with Gasteiger partial charge in [0.2, 0.25) is 5.75 Å². The van der Waals surface area contributed by atoms with E-state index in [4.69, 9.17) is 19.3 Å². The molecule has 0 saturated carbocycles. The van der Waals surface area contributed by atoms with Crippen LogP contribution in [-0.4, -0.2) is 48.4 Å². The lowest BCUT2D eigenvalue weighted by Crippen LogP contribution is -2.26. The first kappa shape index (κ1) is 15.6. The summed E-state index contributed by atoms with van der Waals surface area (Å²) < 4.78 is 16.0. The Bertz CT molecular complexity index is 704. The van der Waals surface area contributed by atoms with Crippen LogP contribution in [0.1, 0.15) is 6.92 Å². The van der Waals surface area contributed by atoms with Crippen LogP contribution >= 0.6 is 0 Å². The third-order valence-corrected chi connectivity index (χ3v) is 3.16. The van der Waals surface area contributed by atoms with Crippen LogP contribution in [0, 0.1) is 0 Å². The quantitative estimate of drug-likeness (QED) is 0.828. The normalized spacial score (nSPS) is 11.8. The maximum absolute atomic E-state index is 11.0. The summed E-state index contributed by atoms with van der Waals surface area (Å²) in [5.74, 6) is 0.629. The van der Waals surface area contributed by atoms with E-state index in [1.807, 2.05) is 0 Å². The van der Waals surface area contributed by atoms with Gasteiger partial charge in [-0.1, -0.05) is 0 Å². The van der Waals surface area contributed by atoms with E-state index in [1.165, 1.54) is 34.6 Å². The molecule has 1 unspecified atom stereocenters. The number of hydrogen-bond acceptors (Lipinski definition) is 7. The van der Waals surface area contributed by atoms with Gasteiger partial charge >= 0.3 is 5.97 Å². The number of rotatable bonds is 6. The first-order valence-electron chi connectivity index (χ1n) is 6.46. The number of hydrogen-bond donors (Lipinski definition) is 2. The Morgan fingerprint density at radius 3 is 2.41 bits per heavy atom. The number of carboxylic acid groups (broad SMARTS) is 1. The van der Waals surface area contributed by atoms with Gasteiger partial charge in [-0.15, -0.1) is 0 Å². The number of carboxylic acids is 1. The molecule has 0 amide bonds. The summed E-state index contributed by atoms with van der Waals surface area (Å²) >= 11 is 0. The van der Waals surface area contributed by atoms with E-state index >= 15 is 0 Å². The molecule has 0 spiro atoms. The fraction of sp³-hybridized carbons (Fsp3) is 0.357. The van der Waals surface area contributed by atoms with Crippen LogP contribution in [0.3, 0.4) is 0 Å². The summed E-state index contributed by atoms with van der Waals surface area (Å²) in [5.41, 5.74) is 0.496. The van der Waals surface area contributed by atoms with Crippen LogP contribution < -0.4 is 19.5 Å². The number of benzene rings is 1. The van der Waals surface area contributed by atoms with Crippen molar-refractivity contribution in [2.24, 2.45) is 0 Å². The zero-order valence-corrected chi connectivity index (χ0v) is 12.7. The van der Waals surface area contributed by atoms with Gasteiger partial charge in [0.25, 0.3) is 0 Å². The molecule has 0 bridgehead atoms. The van der Waals surface area contributed by atoms with Gasteiger partial charge in [0.05, 0.1) is 26.7 Å². The fourth-order valence-corrected chi connectivity index (χ4v) is 2.05. The molecule has 8 nitrogen and oxygen atoms in total. The Balaban J connectivity index is 2.68. The summed E-state index contributed by atoms with van der Waals surface area (Å²) in [6.07, 6.45) is 1.33. The number of nitrogens with one attached hydrogen (secondary N) is 1. The molecule has 2 N–H and O–H groups in total. The highest BCUT2D eigenvalue weighted by Gasteiger charge is 2.20. The smallest absolute Gasteiger partial charge is 0.325 e. The third-order valence-electron chi connectivity index (χ3n) is 3.16. The van der Waals surface area contributed by atoms with Crippen LogP contribution in [0.4, 0.5) is 5.82 Å². The molecule has 0 aliphatic rings. The van der Waals surface area contributed by atoms with Crippen molar-refractivity contribution in [3.8, 4) is 17.2 Å². The summed E-state index contributed by atoms with van der Waals surface area (Å²) in [6.45, 7) is 1.52. The maximum atomic E-state index is 11.0. The minimum atomic E-state index is -0.987. The average Bonchev–Trinajstić information content (AvgIpc) is 2.52. The Morgan fingerprint density at radius 1 is 1.18 bits per heavy atom. The highest BCUT2D eigenvalue weighted by Crippen LogP contribution is 2.43. The van der Waals surface area contributed by atoms with Crippen LogP contribution in [0.2, 0.25) is 0 Å². The molecule has 1 aromatic carbocycles. The topological polar surface area (TPSA) is 103 Å². The zero-order valence-electron chi connectivity index (χ0n) is 12.7. The molecule has 2 aromatic rings. The van der Waals surface area contributed by atoms with Crippen LogP contribution in [0.5, 0.6) is 17.2 Å². The molecule has 0 aliphatic heterocycles. The minimum Gasteiger partial charge on any atom is -0.493 e. The SMILES string of the molecule is COc1cc2c(NC(C)C(=O)O)ncnc2c(OC)c1OC.